The Labute approximate surface area is 199 Å². The normalized spacial score (nSPS) is 21.5. The maximum Gasteiger partial charge on any atom is 0.573 e. The molecule has 2 fully saturated rings. The Bertz CT molecular complexity index is 990. The molecule has 1 spiro atoms. The van der Waals surface area contributed by atoms with Crippen LogP contribution in [0.3, 0.4) is 0 Å². The van der Waals surface area contributed by atoms with Crippen molar-refractivity contribution in [1.82, 2.24) is 9.80 Å². The minimum atomic E-state index is -4.81. The standard InChI is InChI=1S/C23H24ClF3N2O5/c24-19-12-17(6-7-20(19)34-23(25,26)27)13-28-8-10-32-22(15-28)16-29(9-11-33-22)21(30)14-31-18-4-2-1-3-5-18/h1-7,12H,8-11,13-16H2. The summed E-state index contributed by atoms with van der Waals surface area (Å²) in [6.45, 7) is 2.69. The summed E-state index contributed by atoms with van der Waals surface area (Å²) in [5.74, 6) is -0.982. The predicted octanol–water partition coefficient (Wildman–Crippen LogP) is 3.70. The highest BCUT2D eigenvalue weighted by atomic mass is 35.5. The van der Waals surface area contributed by atoms with E-state index in [1.54, 1.807) is 17.0 Å². The molecule has 2 heterocycles. The molecule has 2 saturated heterocycles. The van der Waals surface area contributed by atoms with Crippen LogP contribution in [-0.2, 0) is 20.8 Å². The lowest BCUT2D eigenvalue weighted by Crippen LogP contribution is -2.63. The second kappa shape index (κ2) is 10.4. The number of nitrogens with zero attached hydrogens (tertiary/aromatic N) is 2. The molecule has 0 radical (unpaired) electrons. The minimum absolute atomic E-state index is 0.0886. The number of alkyl halides is 3. The van der Waals surface area contributed by atoms with Crippen LogP contribution in [0.2, 0.25) is 5.02 Å². The molecule has 0 aromatic heterocycles. The fourth-order valence-electron chi connectivity index (χ4n) is 3.98. The molecule has 2 aliphatic rings. The lowest BCUT2D eigenvalue weighted by molar-refractivity contribution is -0.290. The molecule has 1 amide bonds. The van der Waals surface area contributed by atoms with Crippen molar-refractivity contribution >= 4 is 17.5 Å². The van der Waals surface area contributed by atoms with Crippen molar-refractivity contribution in [2.45, 2.75) is 18.7 Å². The van der Waals surface area contributed by atoms with E-state index < -0.39 is 17.9 Å². The summed E-state index contributed by atoms with van der Waals surface area (Å²) in [6, 6.07) is 13.3. The smallest absolute Gasteiger partial charge is 0.484 e. The first-order valence-corrected chi connectivity index (χ1v) is 11.1. The third-order valence-corrected chi connectivity index (χ3v) is 5.78. The molecule has 7 nitrogen and oxygen atoms in total. The average Bonchev–Trinajstić information content (AvgIpc) is 2.79. The number of hydrogen-bond donors (Lipinski definition) is 0. The highest BCUT2D eigenvalue weighted by Gasteiger charge is 2.43. The number of halogens is 4. The van der Waals surface area contributed by atoms with Crippen LogP contribution in [0.25, 0.3) is 0 Å². The van der Waals surface area contributed by atoms with Gasteiger partial charge in [0.05, 0.1) is 31.3 Å². The third-order valence-electron chi connectivity index (χ3n) is 5.48. The number of para-hydroxylation sites is 1. The highest BCUT2D eigenvalue weighted by molar-refractivity contribution is 6.32. The van der Waals surface area contributed by atoms with E-state index in [9.17, 15) is 18.0 Å². The Balaban J connectivity index is 1.35. The molecule has 0 N–H and O–H groups in total. The Morgan fingerprint density at radius 2 is 1.79 bits per heavy atom. The highest BCUT2D eigenvalue weighted by Crippen LogP contribution is 2.32. The first kappa shape index (κ1) is 24.6. The van der Waals surface area contributed by atoms with Crippen LogP contribution in [0.15, 0.2) is 48.5 Å². The van der Waals surface area contributed by atoms with Gasteiger partial charge < -0.3 is 23.8 Å². The molecule has 4 rings (SSSR count). The SMILES string of the molecule is O=C(COc1ccccc1)N1CCOC2(CN(Cc3ccc(OC(F)(F)F)c(Cl)c3)CCO2)C1. The molecular formula is C23H24ClF3N2O5. The molecule has 0 saturated carbocycles. The van der Waals surface area contributed by atoms with Crippen molar-refractivity contribution in [2.24, 2.45) is 0 Å². The fourth-order valence-corrected chi connectivity index (χ4v) is 4.22. The van der Waals surface area contributed by atoms with Crippen LogP contribution in [0, 0.1) is 0 Å². The first-order chi connectivity index (χ1) is 16.2. The molecule has 2 aromatic rings. The second-order valence-electron chi connectivity index (χ2n) is 8.05. The number of benzene rings is 2. The maximum atomic E-state index is 12.7. The van der Waals surface area contributed by atoms with Gasteiger partial charge in [-0.1, -0.05) is 35.9 Å². The number of morpholine rings is 2. The number of rotatable bonds is 6. The fraction of sp³-hybridized carbons (Fsp3) is 0.435. The van der Waals surface area contributed by atoms with Crippen molar-refractivity contribution < 1.29 is 36.9 Å². The van der Waals surface area contributed by atoms with E-state index in [1.165, 1.54) is 18.2 Å². The molecule has 0 aliphatic carbocycles. The monoisotopic (exact) mass is 500 g/mol. The average molecular weight is 501 g/mol. The molecule has 2 aliphatic heterocycles. The number of carbonyl (C=O) groups excluding carboxylic acids is 1. The number of hydrogen-bond acceptors (Lipinski definition) is 6. The summed E-state index contributed by atoms with van der Waals surface area (Å²) in [4.78, 5) is 16.4. The lowest BCUT2D eigenvalue weighted by atomic mass is 10.1. The zero-order chi connectivity index (χ0) is 24.2. The Morgan fingerprint density at radius 1 is 1.06 bits per heavy atom. The van der Waals surface area contributed by atoms with Crippen LogP contribution in [0.4, 0.5) is 13.2 Å². The van der Waals surface area contributed by atoms with Gasteiger partial charge in [-0.15, -0.1) is 13.2 Å². The zero-order valence-corrected chi connectivity index (χ0v) is 19.0. The van der Waals surface area contributed by atoms with Crippen molar-refractivity contribution in [1.29, 1.82) is 0 Å². The van der Waals surface area contributed by atoms with Crippen LogP contribution in [0.5, 0.6) is 11.5 Å². The number of amides is 1. The van der Waals surface area contributed by atoms with Crippen LogP contribution in [-0.4, -0.2) is 73.9 Å². The summed E-state index contributed by atoms with van der Waals surface area (Å²) in [7, 11) is 0. The van der Waals surface area contributed by atoms with Crippen molar-refractivity contribution in [3.05, 3.63) is 59.1 Å². The quantitative estimate of drug-likeness (QED) is 0.603. The van der Waals surface area contributed by atoms with Crippen LogP contribution >= 0.6 is 11.6 Å². The van der Waals surface area contributed by atoms with Gasteiger partial charge in [0.15, 0.2) is 12.4 Å². The van der Waals surface area contributed by atoms with Crippen LogP contribution < -0.4 is 9.47 Å². The van der Waals surface area contributed by atoms with Gasteiger partial charge in [-0.25, -0.2) is 0 Å². The van der Waals surface area contributed by atoms with Gasteiger partial charge in [0.1, 0.15) is 11.5 Å². The van der Waals surface area contributed by atoms with E-state index in [4.69, 9.17) is 25.8 Å². The van der Waals surface area contributed by atoms with E-state index in [0.29, 0.717) is 45.1 Å². The van der Waals surface area contributed by atoms with Crippen molar-refractivity contribution in [3.63, 3.8) is 0 Å². The number of carbonyl (C=O) groups is 1. The van der Waals surface area contributed by atoms with Crippen LogP contribution in [0.1, 0.15) is 5.56 Å². The summed E-state index contributed by atoms with van der Waals surface area (Å²) in [5, 5.41) is -0.123. The number of ether oxygens (including phenoxy) is 4. The topological polar surface area (TPSA) is 60.5 Å². The molecule has 184 valence electrons. The summed E-state index contributed by atoms with van der Waals surface area (Å²) >= 11 is 5.97. The van der Waals surface area contributed by atoms with Gasteiger partial charge in [0.2, 0.25) is 0 Å². The zero-order valence-electron chi connectivity index (χ0n) is 18.2. The van der Waals surface area contributed by atoms with E-state index in [-0.39, 0.29) is 24.1 Å². The van der Waals surface area contributed by atoms with E-state index >= 15 is 0 Å². The summed E-state index contributed by atoms with van der Waals surface area (Å²) in [6.07, 6.45) is -4.81. The largest absolute Gasteiger partial charge is 0.573 e. The molecule has 11 heteroatoms. The molecule has 34 heavy (non-hydrogen) atoms. The van der Waals surface area contributed by atoms with Gasteiger partial charge in [0.25, 0.3) is 5.91 Å². The Kier molecular flexibility index (Phi) is 7.51. The van der Waals surface area contributed by atoms with E-state index in [0.717, 1.165) is 5.56 Å². The summed E-state index contributed by atoms with van der Waals surface area (Å²) < 4.78 is 58.8. The molecular weight excluding hydrogens is 477 g/mol. The minimum Gasteiger partial charge on any atom is -0.484 e. The molecule has 1 unspecified atom stereocenters. The van der Waals surface area contributed by atoms with E-state index in [1.807, 2.05) is 23.1 Å². The Morgan fingerprint density at radius 3 is 2.50 bits per heavy atom. The second-order valence-corrected chi connectivity index (χ2v) is 8.46. The van der Waals surface area contributed by atoms with Crippen molar-refractivity contribution in [2.75, 3.05) is 46.0 Å². The predicted molar refractivity (Wildman–Crippen MR) is 117 cm³/mol. The Hall–Kier alpha value is -2.53. The van der Waals surface area contributed by atoms with Gasteiger partial charge >= 0.3 is 6.36 Å². The van der Waals surface area contributed by atoms with Gasteiger partial charge in [0, 0.05) is 19.6 Å². The van der Waals surface area contributed by atoms with Gasteiger partial charge in [-0.3, -0.25) is 9.69 Å². The van der Waals surface area contributed by atoms with E-state index in [2.05, 4.69) is 4.74 Å². The molecule has 1 atom stereocenters. The van der Waals surface area contributed by atoms with Gasteiger partial charge in [-0.2, -0.15) is 0 Å². The molecule has 2 aromatic carbocycles. The maximum absolute atomic E-state index is 12.7. The van der Waals surface area contributed by atoms with Crippen molar-refractivity contribution in [3.8, 4) is 11.5 Å². The van der Waals surface area contributed by atoms with Gasteiger partial charge in [-0.05, 0) is 29.8 Å². The summed E-state index contributed by atoms with van der Waals surface area (Å²) in [5.41, 5.74) is 0.719. The third kappa shape index (κ3) is 6.53. The molecule has 0 bridgehead atoms. The first-order valence-electron chi connectivity index (χ1n) is 10.7. The lowest BCUT2D eigenvalue weighted by Gasteiger charge is -2.47.